The van der Waals surface area contributed by atoms with Gasteiger partial charge in [-0.15, -0.1) is 0 Å². The number of hydrogen-bond acceptors (Lipinski definition) is 8. The predicted octanol–water partition coefficient (Wildman–Crippen LogP) is 2.34. The first kappa shape index (κ1) is 31.5. The Balaban J connectivity index is 1.65. The van der Waals surface area contributed by atoms with Gasteiger partial charge in [0.05, 0.1) is 4.92 Å². The largest absolute Gasteiger partial charge is 0.480 e. The van der Waals surface area contributed by atoms with E-state index in [9.17, 15) is 34.1 Å². The van der Waals surface area contributed by atoms with E-state index >= 15 is 0 Å². The van der Waals surface area contributed by atoms with Gasteiger partial charge in [-0.2, -0.15) is 0 Å². The Morgan fingerprint density at radius 1 is 1.05 bits per heavy atom. The minimum absolute atomic E-state index is 0.146. The first-order valence-electron chi connectivity index (χ1n) is 13.1. The SMILES string of the molecule is C[C@@H](NC(=O)[C@@H](C)NC(=O)CCC(=O)Nc1ccc2c(c1)C(C)(C)C(=CC=C1C=C([N+](=O)[O-])C=CC1=O)N2C)C(=O)O. The summed E-state index contributed by atoms with van der Waals surface area (Å²) in [4.78, 5) is 72.4. The van der Waals surface area contributed by atoms with Gasteiger partial charge in [-0.3, -0.25) is 34.1 Å². The van der Waals surface area contributed by atoms with Crippen molar-refractivity contribution in [2.75, 3.05) is 17.3 Å². The highest BCUT2D eigenvalue weighted by molar-refractivity contribution is 6.07. The lowest BCUT2D eigenvalue weighted by Gasteiger charge is -2.24. The number of carbonyl (C=O) groups excluding carboxylic acids is 4. The second kappa shape index (κ2) is 12.6. The van der Waals surface area contributed by atoms with E-state index < -0.39 is 46.1 Å². The summed E-state index contributed by atoms with van der Waals surface area (Å²) >= 11 is 0. The average molecular weight is 580 g/mol. The maximum Gasteiger partial charge on any atom is 0.325 e. The van der Waals surface area contributed by atoms with Crippen molar-refractivity contribution in [2.45, 2.75) is 58.0 Å². The fourth-order valence-electron chi connectivity index (χ4n) is 4.59. The van der Waals surface area contributed by atoms with Crippen LogP contribution in [0.2, 0.25) is 0 Å². The number of ketones is 1. The number of nitrogens with zero attached hydrogens (tertiary/aromatic N) is 2. The van der Waals surface area contributed by atoms with E-state index in [1.54, 1.807) is 18.2 Å². The Morgan fingerprint density at radius 3 is 2.36 bits per heavy atom. The number of nitrogens with one attached hydrogen (secondary N) is 3. The van der Waals surface area contributed by atoms with Gasteiger partial charge in [0, 0.05) is 60.1 Å². The lowest BCUT2D eigenvalue weighted by atomic mass is 9.83. The lowest BCUT2D eigenvalue weighted by Crippen LogP contribution is -2.49. The van der Waals surface area contributed by atoms with Crippen LogP contribution in [0, 0.1) is 10.1 Å². The fourth-order valence-corrected chi connectivity index (χ4v) is 4.59. The van der Waals surface area contributed by atoms with E-state index in [-0.39, 0.29) is 29.9 Å². The molecule has 42 heavy (non-hydrogen) atoms. The minimum Gasteiger partial charge on any atom is -0.480 e. The Morgan fingerprint density at radius 2 is 1.71 bits per heavy atom. The monoisotopic (exact) mass is 579 g/mol. The summed E-state index contributed by atoms with van der Waals surface area (Å²) in [6, 6.07) is 3.30. The van der Waals surface area contributed by atoms with Crippen molar-refractivity contribution >= 4 is 40.8 Å². The lowest BCUT2D eigenvalue weighted by molar-refractivity contribution is -0.419. The molecule has 2 aliphatic rings. The van der Waals surface area contributed by atoms with Gasteiger partial charge in [-0.05, 0) is 55.8 Å². The molecule has 222 valence electrons. The molecule has 4 N–H and O–H groups in total. The van der Waals surface area contributed by atoms with Gasteiger partial charge >= 0.3 is 5.97 Å². The molecule has 1 aromatic rings. The van der Waals surface area contributed by atoms with Gasteiger partial charge in [0.15, 0.2) is 5.78 Å². The molecule has 0 aromatic heterocycles. The summed E-state index contributed by atoms with van der Waals surface area (Å²) in [7, 11) is 1.86. The Bertz CT molecular complexity index is 1470. The Hall–Kier alpha value is -5.07. The Labute approximate surface area is 242 Å². The molecule has 0 fully saturated rings. The zero-order chi connectivity index (χ0) is 31.4. The molecule has 1 heterocycles. The van der Waals surface area contributed by atoms with Gasteiger partial charge in [-0.25, -0.2) is 0 Å². The molecular formula is C29H33N5O8. The molecule has 1 aromatic carbocycles. The van der Waals surface area contributed by atoms with Crippen LogP contribution < -0.4 is 20.9 Å². The summed E-state index contributed by atoms with van der Waals surface area (Å²) < 4.78 is 0. The number of carbonyl (C=O) groups is 5. The number of fused-ring (bicyclic) bond motifs is 1. The average Bonchev–Trinajstić information content (AvgIpc) is 3.10. The molecular weight excluding hydrogens is 546 g/mol. The van der Waals surface area contributed by atoms with Crippen LogP contribution in [-0.4, -0.2) is 58.6 Å². The maximum atomic E-state index is 12.6. The molecule has 0 radical (unpaired) electrons. The van der Waals surface area contributed by atoms with E-state index in [4.69, 9.17) is 5.11 Å². The first-order valence-corrected chi connectivity index (χ1v) is 13.1. The van der Waals surface area contributed by atoms with Crippen LogP contribution in [-0.2, 0) is 29.4 Å². The molecule has 13 heteroatoms. The molecule has 1 aliphatic carbocycles. The van der Waals surface area contributed by atoms with Crippen molar-refractivity contribution in [3.8, 4) is 0 Å². The number of rotatable bonds is 10. The normalized spacial score (nSPS) is 18.6. The molecule has 13 nitrogen and oxygen atoms in total. The zero-order valence-corrected chi connectivity index (χ0v) is 23.9. The van der Waals surface area contributed by atoms with Crippen molar-refractivity contribution in [2.24, 2.45) is 0 Å². The van der Waals surface area contributed by atoms with Gasteiger partial charge in [-0.1, -0.05) is 13.8 Å². The molecule has 0 unspecified atom stereocenters. The second-order valence-corrected chi connectivity index (χ2v) is 10.5. The Kier molecular flexibility index (Phi) is 9.45. The van der Waals surface area contributed by atoms with E-state index in [0.717, 1.165) is 16.9 Å². The van der Waals surface area contributed by atoms with Crippen molar-refractivity contribution < 1.29 is 34.0 Å². The molecule has 3 amide bonds. The highest BCUT2D eigenvalue weighted by Gasteiger charge is 2.38. The fraction of sp³-hybridized carbons (Fsp3) is 0.345. The van der Waals surface area contributed by atoms with Crippen molar-refractivity contribution in [3.05, 3.63) is 81.2 Å². The second-order valence-electron chi connectivity index (χ2n) is 10.5. The number of nitro groups is 1. The highest BCUT2D eigenvalue weighted by Crippen LogP contribution is 2.47. The summed E-state index contributed by atoms with van der Waals surface area (Å²) in [5.41, 5.74) is 2.60. The molecule has 0 saturated heterocycles. The van der Waals surface area contributed by atoms with Crippen LogP contribution in [0.3, 0.4) is 0 Å². The predicted molar refractivity (Wildman–Crippen MR) is 154 cm³/mol. The number of anilines is 2. The van der Waals surface area contributed by atoms with Crippen LogP contribution in [0.25, 0.3) is 0 Å². The summed E-state index contributed by atoms with van der Waals surface area (Å²) in [5.74, 6) is -3.15. The van der Waals surface area contributed by atoms with E-state index in [2.05, 4.69) is 16.0 Å². The summed E-state index contributed by atoms with van der Waals surface area (Å²) in [6.07, 6.45) is 6.55. The van der Waals surface area contributed by atoms with E-state index in [1.807, 2.05) is 37.9 Å². The standard InChI is InChI=1S/C29H33N5O8/c1-16(27(38)31-17(2)28(39)40)30-25(36)12-13-26(37)32-19-7-9-22-21(15-19)29(3,4)24(33(22)5)11-6-18-14-20(34(41)42)8-10-23(18)35/h6-11,14-17H,12-13H2,1-5H3,(H,30,36)(H,31,38)(H,32,37)(H,39,40)/t16-,17-/m1/s1. The molecule has 0 saturated carbocycles. The summed E-state index contributed by atoms with van der Waals surface area (Å²) in [6.45, 7) is 6.67. The number of benzene rings is 1. The van der Waals surface area contributed by atoms with E-state index in [0.29, 0.717) is 5.69 Å². The maximum absolute atomic E-state index is 12.6. The van der Waals surface area contributed by atoms with E-state index in [1.165, 1.54) is 32.1 Å². The third-order valence-corrected chi connectivity index (χ3v) is 7.02. The van der Waals surface area contributed by atoms with Gasteiger partial charge < -0.3 is 26.0 Å². The third-order valence-electron chi connectivity index (χ3n) is 7.02. The van der Waals surface area contributed by atoms with Crippen LogP contribution >= 0.6 is 0 Å². The van der Waals surface area contributed by atoms with Crippen molar-refractivity contribution in [1.82, 2.24) is 10.6 Å². The molecule has 0 bridgehead atoms. The van der Waals surface area contributed by atoms with Crippen LogP contribution in [0.4, 0.5) is 11.4 Å². The first-order chi connectivity index (χ1) is 19.6. The van der Waals surface area contributed by atoms with Crippen LogP contribution in [0.15, 0.2) is 65.5 Å². The van der Waals surface area contributed by atoms with Gasteiger partial charge in [0.1, 0.15) is 12.1 Å². The molecule has 2 atom stereocenters. The molecule has 0 spiro atoms. The topological polar surface area (TPSA) is 188 Å². The van der Waals surface area contributed by atoms with Crippen LogP contribution in [0.1, 0.15) is 46.1 Å². The minimum atomic E-state index is -1.20. The van der Waals surface area contributed by atoms with Crippen molar-refractivity contribution in [1.29, 1.82) is 0 Å². The van der Waals surface area contributed by atoms with Gasteiger partial charge in [0.25, 0.3) is 5.70 Å². The third kappa shape index (κ3) is 7.16. The number of allylic oxidation sites excluding steroid dienone is 7. The highest BCUT2D eigenvalue weighted by atomic mass is 16.6. The quantitative estimate of drug-likeness (QED) is 0.183. The molecule has 1 aliphatic heterocycles. The van der Waals surface area contributed by atoms with Crippen LogP contribution in [0.5, 0.6) is 0 Å². The molecule has 3 rings (SSSR count). The smallest absolute Gasteiger partial charge is 0.325 e. The zero-order valence-electron chi connectivity index (χ0n) is 23.9. The number of likely N-dealkylation sites (N-methyl/N-ethyl adjacent to an activating group) is 1. The van der Waals surface area contributed by atoms with Gasteiger partial charge in [0.2, 0.25) is 17.7 Å². The number of amides is 3. The number of hydrogen-bond donors (Lipinski definition) is 4. The van der Waals surface area contributed by atoms with Crippen molar-refractivity contribution in [3.63, 3.8) is 0 Å². The number of carboxylic acid groups (broad SMARTS) is 1. The number of aliphatic carboxylic acids is 1. The number of carboxylic acids is 1. The summed E-state index contributed by atoms with van der Waals surface area (Å²) in [5, 5.41) is 27.5.